The molecule has 1 aromatic heterocycles. The van der Waals surface area contributed by atoms with E-state index in [0.717, 1.165) is 17.0 Å². The molecule has 0 saturated carbocycles. The summed E-state index contributed by atoms with van der Waals surface area (Å²) in [4.78, 5) is 14.6. The zero-order chi connectivity index (χ0) is 18.7. The maximum absolute atomic E-state index is 13.0. The van der Waals surface area contributed by atoms with Gasteiger partial charge in [-0.25, -0.2) is 8.42 Å². The van der Waals surface area contributed by atoms with Crippen molar-refractivity contribution < 1.29 is 13.2 Å². The molecule has 0 N–H and O–H groups in total. The minimum atomic E-state index is -3.68. The van der Waals surface area contributed by atoms with Crippen LogP contribution in [0.1, 0.15) is 17.7 Å². The molecule has 0 bridgehead atoms. The number of halogens is 1. The SMILES string of the molecule is C=CCN(Cc1ccc(Cl)s1)S(=O)(=O)c1ccc(N2CCCC2=O)cc1. The van der Waals surface area contributed by atoms with Gasteiger partial charge in [0.25, 0.3) is 0 Å². The highest BCUT2D eigenvalue weighted by Gasteiger charge is 2.26. The molecule has 3 rings (SSSR count). The van der Waals surface area contributed by atoms with Crippen LogP contribution in [0, 0.1) is 0 Å². The molecule has 1 fully saturated rings. The second kappa shape index (κ2) is 7.92. The van der Waals surface area contributed by atoms with Gasteiger partial charge in [0.1, 0.15) is 0 Å². The van der Waals surface area contributed by atoms with E-state index in [9.17, 15) is 13.2 Å². The molecule has 1 saturated heterocycles. The van der Waals surface area contributed by atoms with Gasteiger partial charge in [0, 0.05) is 36.6 Å². The number of thiophene rings is 1. The van der Waals surface area contributed by atoms with Gasteiger partial charge in [-0.1, -0.05) is 17.7 Å². The minimum Gasteiger partial charge on any atom is -0.312 e. The number of anilines is 1. The summed E-state index contributed by atoms with van der Waals surface area (Å²) < 4.78 is 28.0. The van der Waals surface area contributed by atoms with Gasteiger partial charge in [-0.2, -0.15) is 4.31 Å². The third-order valence-corrected chi connectivity index (χ3v) is 7.20. The van der Waals surface area contributed by atoms with Crippen molar-refractivity contribution in [2.45, 2.75) is 24.3 Å². The molecule has 138 valence electrons. The Hall–Kier alpha value is -1.67. The van der Waals surface area contributed by atoms with E-state index in [1.165, 1.54) is 15.6 Å². The second-order valence-electron chi connectivity index (χ2n) is 5.93. The highest BCUT2D eigenvalue weighted by molar-refractivity contribution is 7.89. The van der Waals surface area contributed by atoms with Crippen molar-refractivity contribution in [3.8, 4) is 0 Å². The van der Waals surface area contributed by atoms with E-state index in [1.54, 1.807) is 41.3 Å². The van der Waals surface area contributed by atoms with E-state index in [1.807, 2.05) is 6.07 Å². The van der Waals surface area contributed by atoms with Crippen molar-refractivity contribution in [1.82, 2.24) is 4.31 Å². The largest absolute Gasteiger partial charge is 0.312 e. The van der Waals surface area contributed by atoms with Crippen LogP contribution in [0.25, 0.3) is 0 Å². The highest BCUT2D eigenvalue weighted by Crippen LogP contribution is 2.27. The van der Waals surface area contributed by atoms with Crippen LogP contribution in [0.4, 0.5) is 5.69 Å². The first-order valence-electron chi connectivity index (χ1n) is 8.17. The Morgan fingerprint density at radius 1 is 1.23 bits per heavy atom. The van der Waals surface area contributed by atoms with Gasteiger partial charge in [-0.05, 0) is 42.8 Å². The summed E-state index contributed by atoms with van der Waals surface area (Å²) in [5.41, 5.74) is 0.728. The Labute approximate surface area is 162 Å². The Bertz CT molecular complexity index is 907. The lowest BCUT2D eigenvalue weighted by molar-refractivity contribution is -0.117. The predicted molar refractivity (Wildman–Crippen MR) is 105 cm³/mol. The van der Waals surface area contributed by atoms with E-state index in [0.29, 0.717) is 17.3 Å². The molecular weight excluding hydrogens is 392 g/mol. The van der Waals surface area contributed by atoms with Gasteiger partial charge in [-0.15, -0.1) is 17.9 Å². The lowest BCUT2D eigenvalue weighted by Gasteiger charge is -2.21. The average molecular weight is 411 g/mol. The summed E-state index contributed by atoms with van der Waals surface area (Å²) in [5, 5.41) is 0. The number of carbonyl (C=O) groups excluding carboxylic acids is 1. The topological polar surface area (TPSA) is 57.7 Å². The van der Waals surface area contributed by atoms with Crippen molar-refractivity contribution in [2.24, 2.45) is 0 Å². The quantitative estimate of drug-likeness (QED) is 0.650. The molecule has 8 heteroatoms. The minimum absolute atomic E-state index is 0.0727. The molecule has 0 atom stereocenters. The predicted octanol–water partition coefficient (Wildman–Crippen LogP) is 3.91. The summed E-state index contributed by atoms with van der Waals surface area (Å²) in [6.07, 6.45) is 2.93. The number of rotatable bonds is 7. The number of nitrogens with zero attached hydrogens (tertiary/aromatic N) is 2. The summed E-state index contributed by atoms with van der Waals surface area (Å²) in [7, 11) is -3.68. The summed E-state index contributed by atoms with van der Waals surface area (Å²) in [5.74, 6) is 0.0727. The van der Waals surface area contributed by atoms with Crippen LogP contribution < -0.4 is 4.90 Å². The van der Waals surface area contributed by atoms with Gasteiger partial charge in [0.2, 0.25) is 15.9 Å². The molecule has 1 amide bonds. The van der Waals surface area contributed by atoms with Crippen LogP contribution in [-0.4, -0.2) is 31.7 Å². The maximum Gasteiger partial charge on any atom is 0.243 e. The van der Waals surface area contributed by atoms with E-state index in [2.05, 4.69) is 6.58 Å². The molecule has 0 spiro atoms. The first kappa shape index (κ1) is 19.1. The maximum atomic E-state index is 13.0. The number of sulfonamides is 1. The van der Waals surface area contributed by atoms with E-state index in [-0.39, 0.29) is 23.9 Å². The summed E-state index contributed by atoms with van der Waals surface area (Å²) >= 11 is 7.30. The Balaban J connectivity index is 1.84. The lowest BCUT2D eigenvalue weighted by atomic mass is 10.3. The van der Waals surface area contributed by atoms with Crippen LogP contribution in [0.2, 0.25) is 4.34 Å². The summed E-state index contributed by atoms with van der Waals surface area (Å²) in [6.45, 7) is 4.76. The van der Waals surface area contributed by atoms with Crippen molar-refractivity contribution in [1.29, 1.82) is 0 Å². The lowest BCUT2D eigenvalue weighted by Crippen LogP contribution is -2.30. The number of hydrogen-bond donors (Lipinski definition) is 0. The number of carbonyl (C=O) groups is 1. The zero-order valence-electron chi connectivity index (χ0n) is 14.1. The second-order valence-corrected chi connectivity index (χ2v) is 9.67. The van der Waals surface area contributed by atoms with Crippen LogP contribution >= 0.6 is 22.9 Å². The molecule has 1 aliphatic heterocycles. The van der Waals surface area contributed by atoms with E-state index >= 15 is 0 Å². The first-order valence-corrected chi connectivity index (χ1v) is 10.8. The third-order valence-electron chi connectivity index (χ3n) is 4.15. The van der Waals surface area contributed by atoms with E-state index in [4.69, 9.17) is 11.6 Å². The molecule has 2 aromatic rings. The van der Waals surface area contributed by atoms with Gasteiger partial charge in [0.05, 0.1) is 9.23 Å². The van der Waals surface area contributed by atoms with Crippen LogP contribution in [-0.2, 0) is 21.4 Å². The first-order chi connectivity index (χ1) is 12.4. The fourth-order valence-corrected chi connectivity index (χ4v) is 5.44. The molecule has 26 heavy (non-hydrogen) atoms. The van der Waals surface area contributed by atoms with Gasteiger partial charge in [-0.3, -0.25) is 4.79 Å². The highest BCUT2D eigenvalue weighted by atomic mass is 35.5. The molecule has 0 unspecified atom stereocenters. The fraction of sp³-hybridized carbons (Fsp3) is 0.278. The molecule has 5 nitrogen and oxygen atoms in total. The van der Waals surface area contributed by atoms with Crippen molar-refractivity contribution >= 4 is 44.6 Å². The molecular formula is C18H19ClN2O3S2. The standard InChI is InChI=1S/C18H19ClN2O3S2/c1-2-11-20(13-15-7-10-17(19)25-15)26(23,24)16-8-5-14(6-9-16)21-12-3-4-18(21)22/h2,5-10H,1,3-4,11-13H2. The number of hydrogen-bond acceptors (Lipinski definition) is 4. The monoisotopic (exact) mass is 410 g/mol. The zero-order valence-corrected chi connectivity index (χ0v) is 16.5. The van der Waals surface area contributed by atoms with Crippen molar-refractivity contribution in [3.63, 3.8) is 0 Å². The number of benzene rings is 1. The van der Waals surface area contributed by atoms with Crippen molar-refractivity contribution in [2.75, 3.05) is 18.0 Å². The van der Waals surface area contributed by atoms with E-state index < -0.39 is 10.0 Å². The molecule has 0 aliphatic carbocycles. The molecule has 1 aliphatic rings. The van der Waals surface area contributed by atoms with Crippen LogP contribution in [0.15, 0.2) is 53.9 Å². The van der Waals surface area contributed by atoms with Crippen molar-refractivity contribution in [3.05, 3.63) is 58.3 Å². The summed E-state index contributed by atoms with van der Waals surface area (Å²) in [6, 6.07) is 10.0. The molecule has 0 radical (unpaired) electrons. The fourth-order valence-electron chi connectivity index (χ4n) is 2.87. The molecule has 1 aromatic carbocycles. The van der Waals surface area contributed by atoms with Crippen LogP contribution in [0.3, 0.4) is 0 Å². The third kappa shape index (κ3) is 4.01. The Morgan fingerprint density at radius 3 is 2.50 bits per heavy atom. The average Bonchev–Trinajstić information content (AvgIpc) is 3.23. The normalized spacial score (nSPS) is 15.0. The van der Waals surface area contributed by atoms with Gasteiger partial charge >= 0.3 is 0 Å². The Kier molecular flexibility index (Phi) is 5.82. The van der Waals surface area contributed by atoms with Gasteiger partial charge in [0.15, 0.2) is 0 Å². The smallest absolute Gasteiger partial charge is 0.243 e. The molecule has 2 heterocycles. The van der Waals surface area contributed by atoms with Crippen LogP contribution in [0.5, 0.6) is 0 Å². The Morgan fingerprint density at radius 2 is 1.96 bits per heavy atom. The number of amides is 1. The van der Waals surface area contributed by atoms with Gasteiger partial charge < -0.3 is 4.90 Å².